The Balaban J connectivity index is 1.60. The Labute approximate surface area is 153 Å². The van der Waals surface area contributed by atoms with Crippen LogP contribution in [0.5, 0.6) is 0 Å². The molecule has 1 amide bonds. The van der Waals surface area contributed by atoms with Crippen molar-refractivity contribution in [3.05, 3.63) is 48.4 Å². The van der Waals surface area contributed by atoms with E-state index >= 15 is 0 Å². The summed E-state index contributed by atoms with van der Waals surface area (Å²) in [5.74, 6) is 0.496. The first-order valence-corrected chi connectivity index (χ1v) is 10.1. The third-order valence-corrected chi connectivity index (χ3v) is 6.25. The average Bonchev–Trinajstić information content (AvgIpc) is 3.33. The molecule has 1 aliphatic rings. The van der Waals surface area contributed by atoms with Gasteiger partial charge in [0.15, 0.2) is 0 Å². The monoisotopic (exact) mass is 377 g/mol. The van der Waals surface area contributed by atoms with Gasteiger partial charge in [-0.3, -0.25) is 10.1 Å². The van der Waals surface area contributed by atoms with E-state index in [2.05, 4.69) is 10.6 Å². The molecule has 0 spiro atoms. The molecule has 0 aliphatic carbocycles. The van der Waals surface area contributed by atoms with Crippen LogP contribution in [0.2, 0.25) is 0 Å². The van der Waals surface area contributed by atoms with Crippen LogP contribution in [0.25, 0.3) is 0 Å². The smallest absolute Gasteiger partial charge is 0.243 e. The zero-order valence-corrected chi connectivity index (χ0v) is 15.5. The highest BCUT2D eigenvalue weighted by Gasteiger charge is 2.27. The minimum Gasteiger partial charge on any atom is -0.468 e. The van der Waals surface area contributed by atoms with Gasteiger partial charge in [0.1, 0.15) is 5.76 Å². The molecule has 1 aromatic carbocycles. The summed E-state index contributed by atoms with van der Waals surface area (Å²) >= 11 is 0. The summed E-state index contributed by atoms with van der Waals surface area (Å²) in [6.45, 7) is 3.08. The quantitative estimate of drug-likeness (QED) is 0.773. The van der Waals surface area contributed by atoms with Crippen molar-refractivity contribution in [3.8, 4) is 0 Å². The number of amides is 1. The first-order valence-electron chi connectivity index (χ1n) is 8.63. The lowest BCUT2D eigenvalue weighted by molar-refractivity contribution is -0.115. The highest BCUT2D eigenvalue weighted by Crippen LogP contribution is 2.23. The van der Waals surface area contributed by atoms with Crippen LogP contribution in [0.1, 0.15) is 31.6 Å². The summed E-state index contributed by atoms with van der Waals surface area (Å²) < 4.78 is 32.0. The fourth-order valence-electron chi connectivity index (χ4n) is 2.90. The maximum absolute atomic E-state index is 12.6. The number of anilines is 1. The SMILES string of the molecule is C[C@H](NCC(=O)Nc1cccc(S(=O)(=O)N2CCCC2)c1)c1ccco1. The van der Waals surface area contributed by atoms with E-state index in [9.17, 15) is 13.2 Å². The van der Waals surface area contributed by atoms with Gasteiger partial charge in [0.25, 0.3) is 0 Å². The van der Waals surface area contributed by atoms with Crippen LogP contribution < -0.4 is 10.6 Å². The second kappa shape index (κ2) is 8.03. The number of benzene rings is 1. The molecule has 0 radical (unpaired) electrons. The number of hydrogen-bond donors (Lipinski definition) is 2. The maximum Gasteiger partial charge on any atom is 0.243 e. The number of carbonyl (C=O) groups is 1. The van der Waals surface area contributed by atoms with Crippen molar-refractivity contribution in [1.29, 1.82) is 0 Å². The van der Waals surface area contributed by atoms with Crippen LogP contribution in [0.15, 0.2) is 52.0 Å². The molecule has 2 aromatic rings. The molecular formula is C18H23N3O4S. The largest absolute Gasteiger partial charge is 0.468 e. The fraction of sp³-hybridized carbons (Fsp3) is 0.389. The Morgan fingerprint density at radius 1 is 1.23 bits per heavy atom. The molecule has 2 N–H and O–H groups in total. The zero-order chi connectivity index (χ0) is 18.6. The van der Waals surface area contributed by atoms with Crippen molar-refractivity contribution in [3.63, 3.8) is 0 Å². The molecule has 26 heavy (non-hydrogen) atoms. The van der Waals surface area contributed by atoms with E-state index in [0.29, 0.717) is 18.8 Å². The Kier molecular flexibility index (Phi) is 5.75. The number of furan rings is 1. The van der Waals surface area contributed by atoms with E-state index < -0.39 is 10.0 Å². The molecule has 1 fully saturated rings. The minimum absolute atomic E-state index is 0.0883. The van der Waals surface area contributed by atoms with Gasteiger partial charge in [-0.25, -0.2) is 8.42 Å². The van der Waals surface area contributed by atoms with Gasteiger partial charge in [-0.15, -0.1) is 0 Å². The molecule has 0 unspecified atom stereocenters. The van der Waals surface area contributed by atoms with Gasteiger partial charge in [0, 0.05) is 18.8 Å². The van der Waals surface area contributed by atoms with Crippen LogP contribution in [-0.4, -0.2) is 38.3 Å². The number of sulfonamides is 1. The van der Waals surface area contributed by atoms with Crippen molar-refractivity contribution in [2.45, 2.75) is 30.7 Å². The summed E-state index contributed by atoms with van der Waals surface area (Å²) in [5.41, 5.74) is 0.461. The molecular weight excluding hydrogens is 354 g/mol. The molecule has 1 atom stereocenters. The molecule has 0 bridgehead atoms. The number of hydrogen-bond acceptors (Lipinski definition) is 5. The Bertz CT molecular complexity index is 843. The lowest BCUT2D eigenvalue weighted by atomic mass is 10.2. The number of rotatable bonds is 7. The van der Waals surface area contributed by atoms with Crippen molar-refractivity contribution in [2.24, 2.45) is 0 Å². The summed E-state index contributed by atoms with van der Waals surface area (Å²) in [5, 5.41) is 5.79. The Hall–Kier alpha value is -2.16. The van der Waals surface area contributed by atoms with Gasteiger partial charge in [-0.1, -0.05) is 6.07 Å². The molecule has 3 rings (SSSR count). The average molecular weight is 377 g/mol. The van der Waals surface area contributed by atoms with Gasteiger partial charge in [0.2, 0.25) is 15.9 Å². The molecule has 1 aliphatic heterocycles. The summed E-state index contributed by atoms with van der Waals surface area (Å²) in [6, 6.07) is 9.90. The maximum atomic E-state index is 12.6. The number of carbonyl (C=O) groups excluding carboxylic acids is 1. The predicted octanol–water partition coefficient (Wildman–Crippen LogP) is 2.35. The van der Waals surface area contributed by atoms with Crippen molar-refractivity contribution < 1.29 is 17.6 Å². The fourth-order valence-corrected chi connectivity index (χ4v) is 4.46. The van der Waals surface area contributed by atoms with Crippen LogP contribution in [0.3, 0.4) is 0 Å². The van der Waals surface area contributed by atoms with Crippen LogP contribution in [0.4, 0.5) is 5.69 Å². The van der Waals surface area contributed by atoms with Gasteiger partial charge in [-0.2, -0.15) is 4.31 Å². The molecule has 2 heterocycles. The van der Waals surface area contributed by atoms with E-state index in [0.717, 1.165) is 18.6 Å². The minimum atomic E-state index is -3.50. The van der Waals surface area contributed by atoms with Crippen LogP contribution in [-0.2, 0) is 14.8 Å². The summed E-state index contributed by atoms with van der Waals surface area (Å²) in [4.78, 5) is 12.3. The lowest BCUT2D eigenvalue weighted by Crippen LogP contribution is -2.30. The normalized spacial score (nSPS) is 16.5. The second-order valence-corrected chi connectivity index (χ2v) is 8.24. The highest BCUT2D eigenvalue weighted by molar-refractivity contribution is 7.89. The number of nitrogens with one attached hydrogen (secondary N) is 2. The summed E-state index contributed by atoms with van der Waals surface area (Å²) in [6.07, 6.45) is 3.35. The van der Waals surface area contributed by atoms with E-state index in [1.165, 1.54) is 10.4 Å². The molecule has 140 valence electrons. The van der Waals surface area contributed by atoms with E-state index in [1.807, 2.05) is 13.0 Å². The zero-order valence-electron chi connectivity index (χ0n) is 14.6. The van der Waals surface area contributed by atoms with Gasteiger partial charge in [0.05, 0.1) is 23.7 Å². The highest BCUT2D eigenvalue weighted by atomic mass is 32.2. The van der Waals surface area contributed by atoms with Gasteiger partial charge in [-0.05, 0) is 50.1 Å². The van der Waals surface area contributed by atoms with Crippen molar-refractivity contribution in [1.82, 2.24) is 9.62 Å². The van der Waals surface area contributed by atoms with E-state index in [1.54, 1.807) is 30.5 Å². The molecule has 1 saturated heterocycles. The standard InChI is InChI=1S/C18H23N3O4S/c1-14(17-8-5-11-25-17)19-13-18(22)20-15-6-4-7-16(12-15)26(23,24)21-9-2-3-10-21/h4-8,11-12,14,19H,2-3,9-10,13H2,1H3,(H,20,22)/t14-/m0/s1. The first kappa shape index (κ1) is 18.6. The topological polar surface area (TPSA) is 91.7 Å². The lowest BCUT2D eigenvalue weighted by Gasteiger charge is -2.16. The van der Waals surface area contributed by atoms with E-state index in [4.69, 9.17) is 4.42 Å². The van der Waals surface area contributed by atoms with Crippen LogP contribution >= 0.6 is 0 Å². The molecule has 0 saturated carbocycles. The van der Waals surface area contributed by atoms with E-state index in [-0.39, 0.29) is 23.4 Å². The third-order valence-electron chi connectivity index (χ3n) is 4.36. The van der Waals surface area contributed by atoms with Crippen molar-refractivity contribution >= 4 is 21.6 Å². The number of nitrogens with zero attached hydrogens (tertiary/aromatic N) is 1. The molecule has 7 nitrogen and oxygen atoms in total. The first-order chi connectivity index (χ1) is 12.5. The van der Waals surface area contributed by atoms with Crippen LogP contribution in [0, 0.1) is 0 Å². The third kappa shape index (κ3) is 4.32. The molecule has 8 heteroatoms. The summed E-state index contributed by atoms with van der Waals surface area (Å²) in [7, 11) is -3.50. The Morgan fingerprint density at radius 2 is 2.00 bits per heavy atom. The predicted molar refractivity (Wildman–Crippen MR) is 98.2 cm³/mol. The van der Waals surface area contributed by atoms with Crippen molar-refractivity contribution in [2.75, 3.05) is 25.0 Å². The Morgan fingerprint density at radius 3 is 2.69 bits per heavy atom. The van der Waals surface area contributed by atoms with Gasteiger partial charge >= 0.3 is 0 Å². The molecule has 1 aromatic heterocycles. The van der Waals surface area contributed by atoms with Gasteiger partial charge < -0.3 is 9.73 Å². The second-order valence-electron chi connectivity index (χ2n) is 6.31.